The highest BCUT2D eigenvalue weighted by atomic mass is 32.1. The SMILES string of the molecule is Cn1c2nc(Cc3ccn[nH]3)sc2c2cnn(CC(N)=C(F)C=N)c(=O)c21. The summed E-state index contributed by atoms with van der Waals surface area (Å²) in [7, 11) is 1.76. The van der Waals surface area contributed by atoms with Crippen LogP contribution in [0.3, 0.4) is 0 Å². The van der Waals surface area contributed by atoms with E-state index in [0.717, 1.165) is 20.1 Å². The number of rotatable bonds is 5. The van der Waals surface area contributed by atoms with E-state index in [4.69, 9.17) is 11.1 Å². The van der Waals surface area contributed by atoms with Crippen molar-refractivity contribution in [2.75, 3.05) is 0 Å². The number of nitrogens with zero attached hydrogens (tertiary/aromatic N) is 5. The number of allylic oxidation sites excluding steroid dienone is 2. The molecule has 0 fully saturated rings. The van der Waals surface area contributed by atoms with E-state index in [1.54, 1.807) is 24.0 Å². The Morgan fingerprint density at radius 3 is 3.04 bits per heavy atom. The standard InChI is InChI=1S/C16H15FN8OS/c1-24-13-9(6-21-25(16(13)26)7-11(19)10(17)5-18)14-15(24)22-12(27-14)4-8-2-3-20-23-8/h2-3,5-6,18H,4,7,19H2,1H3,(H,20,23). The predicted octanol–water partition coefficient (Wildman–Crippen LogP) is 1.45. The Kier molecular flexibility index (Phi) is 4.07. The lowest BCUT2D eigenvalue weighted by atomic mass is 10.3. The molecular formula is C16H15FN8OS. The van der Waals surface area contributed by atoms with E-state index in [1.165, 1.54) is 11.3 Å². The Bertz CT molecular complexity index is 1250. The first-order valence-electron chi connectivity index (χ1n) is 7.96. The second kappa shape index (κ2) is 6.43. The number of aryl methyl sites for hydroxylation is 1. The molecule has 0 saturated heterocycles. The highest BCUT2D eigenvalue weighted by Gasteiger charge is 2.18. The molecule has 4 aromatic heterocycles. The minimum atomic E-state index is -0.887. The lowest BCUT2D eigenvalue weighted by molar-refractivity contribution is 0.597. The number of nitrogens with two attached hydrogens (primary N) is 1. The lowest BCUT2D eigenvalue weighted by Gasteiger charge is -2.06. The number of fused-ring (bicyclic) bond motifs is 3. The summed E-state index contributed by atoms with van der Waals surface area (Å²) in [6, 6.07) is 1.88. The molecule has 0 aromatic carbocycles. The highest BCUT2D eigenvalue weighted by Crippen LogP contribution is 2.31. The molecule has 4 aromatic rings. The van der Waals surface area contributed by atoms with Gasteiger partial charge in [0.25, 0.3) is 5.56 Å². The maximum atomic E-state index is 13.4. The summed E-state index contributed by atoms with van der Waals surface area (Å²) in [6.45, 7) is -0.229. The van der Waals surface area contributed by atoms with Gasteiger partial charge in [-0.25, -0.2) is 14.1 Å². The largest absolute Gasteiger partial charge is 0.398 e. The Balaban J connectivity index is 1.81. The van der Waals surface area contributed by atoms with Crippen LogP contribution in [0.4, 0.5) is 4.39 Å². The smallest absolute Gasteiger partial charge is 0.291 e. The quantitative estimate of drug-likeness (QED) is 0.447. The molecule has 0 amide bonds. The minimum Gasteiger partial charge on any atom is -0.398 e. The zero-order valence-corrected chi connectivity index (χ0v) is 15.0. The van der Waals surface area contributed by atoms with Crippen molar-refractivity contribution in [2.24, 2.45) is 12.8 Å². The molecule has 0 atom stereocenters. The van der Waals surface area contributed by atoms with Crippen LogP contribution in [-0.4, -0.2) is 35.7 Å². The second-order valence-corrected chi connectivity index (χ2v) is 7.05. The Labute approximate surface area is 155 Å². The first-order valence-corrected chi connectivity index (χ1v) is 8.78. The normalized spacial score (nSPS) is 12.7. The number of thiazole rings is 1. The molecule has 9 nitrogen and oxygen atoms in total. The summed E-state index contributed by atoms with van der Waals surface area (Å²) < 4.78 is 17.1. The van der Waals surface area contributed by atoms with Gasteiger partial charge in [-0.3, -0.25) is 9.89 Å². The van der Waals surface area contributed by atoms with Crippen LogP contribution in [-0.2, 0) is 20.0 Å². The molecule has 0 aliphatic rings. The van der Waals surface area contributed by atoms with Crippen molar-refractivity contribution < 1.29 is 4.39 Å². The van der Waals surface area contributed by atoms with Gasteiger partial charge in [-0.05, 0) is 6.07 Å². The van der Waals surface area contributed by atoms with Crippen molar-refractivity contribution in [3.8, 4) is 0 Å². The molecule has 0 saturated carbocycles. The first kappa shape index (κ1) is 17.1. The predicted molar refractivity (Wildman–Crippen MR) is 101 cm³/mol. The Morgan fingerprint density at radius 1 is 1.52 bits per heavy atom. The van der Waals surface area contributed by atoms with Gasteiger partial charge < -0.3 is 15.7 Å². The van der Waals surface area contributed by atoms with Crippen molar-refractivity contribution >= 4 is 38.8 Å². The van der Waals surface area contributed by atoms with Gasteiger partial charge in [0.05, 0.1) is 29.4 Å². The summed E-state index contributed by atoms with van der Waals surface area (Å²) in [4.78, 5) is 17.4. The molecule has 0 unspecified atom stereocenters. The summed E-state index contributed by atoms with van der Waals surface area (Å²) in [5.74, 6) is -0.887. The van der Waals surface area contributed by atoms with Crippen LogP contribution >= 0.6 is 11.3 Å². The molecule has 4 rings (SSSR count). The summed E-state index contributed by atoms with van der Waals surface area (Å²) >= 11 is 1.49. The molecular weight excluding hydrogens is 371 g/mol. The van der Waals surface area contributed by atoms with Crippen molar-refractivity contribution in [2.45, 2.75) is 13.0 Å². The molecule has 27 heavy (non-hydrogen) atoms. The molecule has 0 aliphatic carbocycles. The zero-order chi connectivity index (χ0) is 19.1. The van der Waals surface area contributed by atoms with E-state index in [1.807, 2.05) is 6.07 Å². The fourth-order valence-electron chi connectivity index (χ4n) is 2.90. The molecule has 0 aliphatic heterocycles. The summed E-state index contributed by atoms with van der Waals surface area (Å²) in [6.07, 6.45) is 4.37. The van der Waals surface area contributed by atoms with Gasteiger partial charge in [0, 0.05) is 30.7 Å². The van der Waals surface area contributed by atoms with Crippen LogP contribution in [0.1, 0.15) is 10.7 Å². The number of nitrogens with one attached hydrogen (secondary N) is 2. The monoisotopic (exact) mass is 386 g/mol. The average molecular weight is 386 g/mol. The Morgan fingerprint density at radius 2 is 2.33 bits per heavy atom. The third-order valence-corrected chi connectivity index (χ3v) is 5.30. The van der Waals surface area contributed by atoms with Crippen LogP contribution in [0.15, 0.2) is 34.8 Å². The maximum absolute atomic E-state index is 13.4. The topological polar surface area (TPSA) is 131 Å². The van der Waals surface area contributed by atoms with Crippen molar-refractivity contribution in [3.05, 3.63) is 51.0 Å². The molecule has 0 bridgehead atoms. The van der Waals surface area contributed by atoms with Crippen molar-refractivity contribution in [3.63, 3.8) is 0 Å². The average Bonchev–Trinajstić information content (AvgIpc) is 3.36. The zero-order valence-electron chi connectivity index (χ0n) is 14.2. The molecule has 4 N–H and O–H groups in total. The minimum absolute atomic E-state index is 0.227. The van der Waals surface area contributed by atoms with E-state index in [9.17, 15) is 9.18 Å². The molecule has 0 spiro atoms. The summed E-state index contributed by atoms with van der Waals surface area (Å²) in [5, 5.41) is 19.4. The van der Waals surface area contributed by atoms with Gasteiger partial charge in [-0.15, -0.1) is 11.3 Å². The van der Waals surface area contributed by atoms with Crippen LogP contribution < -0.4 is 11.3 Å². The fourth-order valence-corrected chi connectivity index (χ4v) is 4.03. The maximum Gasteiger partial charge on any atom is 0.291 e. The van der Waals surface area contributed by atoms with E-state index in [2.05, 4.69) is 20.3 Å². The van der Waals surface area contributed by atoms with Crippen molar-refractivity contribution in [1.82, 2.24) is 29.5 Å². The van der Waals surface area contributed by atoms with Gasteiger partial charge in [0.2, 0.25) is 0 Å². The van der Waals surface area contributed by atoms with Crippen LogP contribution in [0.2, 0.25) is 0 Å². The van der Waals surface area contributed by atoms with Gasteiger partial charge in [0.15, 0.2) is 11.5 Å². The number of aromatic amines is 1. The molecule has 138 valence electrons. The third-order valence-electron chi connectivity index (χ3n) is 4.22. The van der Waals surface area contributed by atoms with E-state index in [0.29, 0.717) is 29.2 Å². The van der Waals surface area contributed by atoms with Gasteiger partial charge in [-0.1, -0.05) is 0 Å². The highest BCUT2D eigenvalue weighted by molar-refractivity contribution is 7.19. The number of H-pyrrole nitrogens is 1. The third kappa shape index (κ3) is 2.81. The number of halogens is 1. The van der Waals surface area contributed by atoms with Gasteiger partial charge in [0.1, 0.15) is 10.5 Å². The lowest BCUT2D eigenvalue weighted by Crippen LogP contribution is -2.27. The number of aromatic nitrogens is 6. The van der Waals surface area contributed by atoms with Gasteiger partial charge >= 0.3 is 0 Å². The van der Waals surface area contributed by atoms with Crippen LogP contribution in [0.5, 0.6) is 0 Å². The van der Waals surface area contributed by atoms with Crippen molar-refractivity contribution in [1.29, 1.82) is 5.41 Å². The van der Waals surface area contributed by atoms with E-state index < -0.39 is 11.4 Å². The van der Waals surface area contributed by atoms with Crippen LogP contribution in [0.25, 0.3) is 21.3 Å². The fraction of sp³-hybridized carbons (Fsp3) is 0.188. The first-order chi connectivity index (χ1) is 13.0. The second-order valence-electron chi connectivity index (χ2n) is 5.97. The van der Waals surface area contributed by atoms with Gasteiger partial charge in [-0.2, -0.15) is 10.2 Å². The Hall–Kier alpha value is -3.34. The number of hydrogen-bond acceptors (Lipinski definition) is 7. The van der Waals surface area contributed by atoms with E-state index >= 15 is 0 Å². The van der Waals surface area contributed by atoms with E-state index in [-0.39, 0.29) is 12.2 Å². The van der Waals surface area contributed by atoms with Crippen LogP contribution in [0, 0.1) is 5.41 Å². The molecule has 4 heterocycles. The molecule has 0 radical (unpaired) electrons. The summed E-state index contributed by atoms with van der Waals surface area (Å²) in [5.41, 5.74) is 7.03. The molecule has 11 heteroatoms. The number of hydrogen-bond donors (Lipinski definition) is 3.